The Morgan fingerprint density at radius 1 is 1.11 bits per heavy atom. The molecule has 2 aliphatic heterocycles. The predicted octanol–water partition coefficient (Wildman–Crippen LogP) is 5.72. The van der Waals surface area contributed by atoms with E-state index < -0.39 is 39.3 Å². The second kappa shape index (κ2) is 13.7. The molecule has 5 rings (SSSR count). The number of rotatable bonds is 9. The third kappa shape index (κ3) is 7.78. The average molecular weight is 663 g/mol. The van der Waals surface area contributed by atoms with E-state index in [9.17, 15) is 22.8 Å². The highest BCUT2D eigenvalue weighted by Crippen LogP contribution is 2.35. The number of ether oxygens (including phenoxy) is 1. The van der Waals surface area contributed by atoms with Gasteiger partial charge >= 0.3 is 12.1 Å². The molecule has 0 bridgehead atoms. The van der Waals surface area contributed by atoms with Gasteiger partial charge in [0.2, 0.25) is 5.76 Å². The van der Waals surface area contributed by atoms with Gasteiger partial charge in [0, 0.05) is 38.0 Å². The molecule has 1 aromatic carbocycles. The molecule has 3 aromatic rings. The van der Waals surface area contributed by atoms with Crippen LogP contribution in [0.4, 0.5) is 30.7 Å². The van der Waals surface area contributed by atoms with Crippen LogP contribution in [0.5, 0.6) is 0 Å². The predicted molar refractivity (Wildman–Crippen MR) is 167 cm³/mol. The highest BCUT2D eigenvalue weighted by Gasteiger charge is 2.42. The molecule has 0 spiro atoms. The van der Waals surface area contributed by atoms with Crippen molar-refractivity contribution in [2.24, 2.45) is 5.92 Å². The number of pyridine rings is 1. The van der Waals surface area contributed by atoms with Gasteiger partial charge in [-0.2, -0.15) is 18.2 Å². The summed E-state index contributed by atoms with van der Waals surface area (Å²) in [5.41, 5.74) is 0.0204. The first-order valence-electron chi connectivity index (χ1n) is 14.9. The Morgan fingerprint density at radius 2 is 1.87 bits per heavy atom. The van der Waals surface area contributed by atoms with Crippen molar-refractivity contribution in [3.05, 3.63) is 65.2 Å². The maximum absolute atomic E-state index is 13.8. The van der Waals surface area contributed by atoms with E-state index >= 15 is 0 Å². The van der Waals surface area contributed by atoms with Gasteiger partial charge in [-0.05, 0) is 71.2 Å². The number of methoxy groups -OCH3 is 1. The molecule has 2 fully saturated rings. The van der Waals surface area contributed by atoms with Crippen LogP contribution in [0.1, 0.15) is 64.8 Å². The van der Waals surface area contributed by atoms with Gasteiger partial charge in [0.05, 0.1) is 24.6 Å². The summed E-state index contributed by atoms with van der Waals surface area (Å²) in [5, 5.41) is 2.25. The third-order valence-electron chi connectivity index (χ3n) is 8.14. The minimum absolute atomic E-state index is 0.186. The normalized spacial score (nSPS) is 18.0. The van der Waals surface area contributed by atoms with Crippen LogP contribution in [0.15, 0.2) is 47.0 Å². The van der Waals surface area contributed by atoms with Crippen molar-refractivity contribution >= 4 is 39.2 Å². The molecule has 248 valence electrons. The number of nitrogens with zero attached hydrogens (tertiary/aromatic N) is 4. The molecule has 2 saturated heterocycles. The van der Waals surface area contributed by atoms with Gasteiger partial charge in [-0.1, -0.05) is 19.1 Å². The highest BCUT2D eigenvalue weighted by atomic mass is 32.2. The van der Waals surface area contributed by atoms with Crippen LogP contribution in [0.25, 0.3) is 0 Å². The Balaban J connectivity index is 1.17. The number of amides is 1. The first kappa shape index (κ1) is 33.2. The number of anilines is 3. The first-order chi connectivity index (χ1) is 21.8. The molecule has 16 heteroatoms. The zero-order valence-corrected chi connectivity index (χ0v) is 26.3. The number of halogens is 3. The summed E-state index contributed by atoms with van der Waals surface area (Å²) in [4.78, 5) is 36.4. The molecule has 4 N–H and O–H groups in total. The van der Waals surface area contributed by atoms with Gasteiger partial charge in [0.25, 0.3) is 11.9 Å². The van der Waals surface area contributed by atoms with Crippen LogP contribution >= 0.6 is 0 Å². The lowest BCUT2D eigenvalue weighted by Gasteiger charge is -2.35. The van der Waals surface area contributed by atoms with E-state index in [1.807, 2.05) is 17.9 Å². The van der Waals surface area contributed by atoms with Crippen molar-refractivity contribution in [2.75, 3.05) is 48.4 Å². The maximum atomic E-state index is 13.8. The van der Waals surface area contributed by atoms with Crippen molar-refractivity contribution in [3.63, 3.8) is 0 Å². The molecule has 1 unspecified atom stereocenters. The number of esters is 1. The zero-order chi connectivity index (χ0) is 33.1. The summed E-state index contributed by atoms with van der Waals surface area (Å²) in [5.74, 6) is -1.53. The fourth-order valence-corrected chi connectivity index (χ4v) is 7.22. The van der Waals surface area contributed by atoms with Gasteiger partial charge in [-0.25, -0.2) is 14.5 Å². The number of hydrogen-bond donors (Lipinski definition) is 4. The van der Waals surface area contributed by atoms with Crippen molar-refractivity contribution in [2.45, 2.75) is 50.6 Å². The molecule has 0 radical (unpaired) electrons. The van der Waals surface area contributed by atoms with E-state index in [0.717, 1.165) is 18.4 Å². The number of aromatic nitrogens is 2. The molecule has 0 saturated carbocycles. The molecule has 1 atom stereocenters. The van der Waals surface area contributed by atoms with Crippen LogP contribution in [-0.2, 0) is 27.3 Å². The molecule has 4 heterocycles. The Bertz CT molecular complexity index is 1650. The molecular formula is C30H37F3N8O4S. The van der Waals surface area contributed by atoms with Crippen LogP contribution in [0.3, 0.4) is 0 Å². The van der Waals surface area contributed by atoms with E-state index in [-0.39, 0.29) is 29.4 Å². The largest absolute Gasteiger partial charge is 0.465 e. The number of carbonyl (C=O) groups excluding carboxylic acids is 2. The lowest BCUT2D eigenvalue weighted by atomic mass is 10.0. The Labute approximate surface area is 265 Å². The summed E-state index contributed by atoms with van der Waals surface area (Å²) in [7, 11) is -1.34. The number of hydrogen-bond acceptors (Lipinski definition) is 10. The van der Waals surface area contributed by atoms with E-state index in [1.54, 1.807) is 35.2 Å². The fourth-order valence-electron chi connectivity index (χ4n) is 5.67. The number of alkyl halides is 3. The maximum Gasteiger partial charge on any atom is 0.437 e. The smallest absolute Gasteiger partial charge is 0.437 e. The van der Waals surface area contributed by atoms with Gasteiger partial charge in [0.1, 0.15) is 5.82 Å². The van der Waals surface area contributed by atoms with Gasteiger partial charge < -0.3 is 24.3 Å². The van der Waals surface area contributed by atoms with Gasteiger partial charge in [-0.3, -0.25) is 14.4 Å². The molecule has 46 heavy (non-hydrogen) atoms. The second-order valence-corrected chi connectivity index (χ2v) is 13.9. The van der Waals surface area contributed by atoms with Crippen LogP contribution in [0.2, 0.25) is 0 Å². The summed E-state index contributed by atoms with van der Waals surface area (Å²) in [6, 6.07) is 9.89. The quantitative estimate of drug-likeness (QED) is 0.210. The topological polar surface area (TPSA) is 161 Å². The van der Waals surface area contributed by atoms with Crippen molar-refractivity contribution in [1.29, 1.82) is 9.56 Å². The van der Waals surface area contributed by atoms with Crippen LogP contribution in [-0.4, -0.2) is 60.4 Å². The monoisotopic (exact) mass is 662 g/mol. The van der Waals surface area contributed by atoms with Gasteiger partial charge in [-0.15, -0.1) is 0 Å². The third-order valence-corrected chi connectivity index (χ3v) is 10.2. The minimum atomic E-state index is -4.87. The Morgan fingerprint density at radius 3 is 2.52 bits per heavy atom. The molecule has 2 aromatic heterocycles. The number of benzene rings is 1. The summed E-state index contributed by atoms with van der Waals surface area (Å²) in [6.45, 7) is 4.39. The minimum Gasteiger partial charge on any atom is -0.465 e. The average Bonchev–Trinajstić information content (AvgIpc) is 3.51. The standard InChI is InChI=1S/C30H37F3N8O4S/c1-19-5-4-12-41(18-19)29-39-26(30(31,32)33)25(45-29)27(42)38-22-8-9-24(36-17-22)40-13-10-23(11-14-40)46(34,35)37-16-20-6-3-7-21(15-20)28(43)44-2/h3,6-9,15,17,19,23H,4-5,10-14,16,18H2,1-2H3,(H,38,42)(H3,34,35,37). The van der Waals surface area contributed by atoms with Crippen LogP contribution in [0, 0.1) is 15.5 Å². The van der Waals surface area contributed by atoms with Crippen molar-refractivity contribution in [1.82, 2.24) is 14.7 Å². The SMILES string of the molecule is COC(=O)c1cccc(CNS(=N)(=N)C2CCN(c3ccc(NC(=O)c4oc(N5CCCC(C)C5)nc4C(F)(F)F)cn3)CC2)c1. The van der Waals surface area contributed by atoms with E-state index in [1.165, 1.54) is 13.3 Å². The van der Waals surface area contributed by atoms with E-state index in [0.29, 0.717) is 50.4 Å². The fraction of sp³-hybridized carbons (Fsp3) is 0.467. The number of oxazole rings is 1. The van der Waals surface area contributed by atoms with Gasteiger partial charge in [0.15, 0.2) is 5.69 Å². The lowest BCUT2D eigenvalue weighted by Crippen LogP contribution is -2.42. The molecule has 0 aliphatic carbocycles. The first-order valence-corrected chi connectivity index (χ1v) is 16.6. The number of piperidine rings is 2. The summed E-state index contributed by atoms with van der Waals surface area (Å²) >= 11 is 0. The molecular weight excluding hydrogens is 625 g/mol. The summed E-state index contributed by atoms with van der Waals surface area (Å²) < 4.78 is 71.9. The van der Waals surface area contributed by atoms with E-state index in [4.69, 9.17) is 18.7 Å². The molecule has 1 amide bonds. The highest BCUT2D eigenvalue weighted by molar-refractivity contribution is 7.92. The number of nitrogens with one attached hydrogen (secondary N) is 4. The Hall–Kier alpha value is -4.18. The Kier molecular flexibility index (Phi) is 9.86. The number of carbonyl (C=O) groups is 2. The molecule has 2 aliphatic rings. The zero-order valence-electron chi connectivity index (χ0n) is 25.5. The van der Waals surface area contributed by atoms with Crippen molar-refractivity contribution in [3.8, 4) is 0 Å². The van der Waals surface area contributed by atoms with E-state index in [2.05, 4.69) is 20.0 Å². The molecule has 12 nitrogen and oxygen atoms in total. The van der Waals surface area contributed by atoms with Crippen LogP contribution < -0.4 is 19.8 Å². The lowest BCUT2D eigenvalue weighted by molar-refractivity contribution is -0.141. The summed E-state index contributed by atoms with van der Waals surface area (Å²) in [6.07, 6.45) is -0.580. The van der Waals surface area contributed by atoms with Crippen molar-refractivity contribution < 1.29 is 31.9 Å². The second-order valence-electron chi connectivity index (χ2n) is 11.6.